The molecule has 2 amide bonds. The number of ether oxygens (including phenoxy) is 1. The van der Waals surface area contributed by atoms with E-state index in [1.807, 2.05) is 0 Å². The van der Waals surface area contributed by atoms with Gasteiger partial charge in [0, 0.05) is 18.9 Å². The molecule has 0 saturated carbocycles. The van der Waals surface area contributed by atoms with Crippen LogP contribution in [0.15, 0.2) is 18.7 Å². The molecule has 0 spiro atoms. The molecule has 0 saturated heterocycles. The summed E-state index contributed by atoms with van der Waals surface area (Å²) in [5.41, 5.74) is -0.604. The smallest absolute Gasteiger partial charge is 0.407 e. The number of hydrogen-bond acceptors (Lipinski definition) is 5. The Labute approximate surface area is 134 Å². The van der Waals surface area contributed by atoms with E-state index in [-0.39, 0.29) is 13.0 Å². The summed E-state index contributed by atoms with van der Waals surface area (Å²) in [6.07, 6.45) is 4.25. The Kier molecular flexibility index (Phi) is 6.55. The van der Waals surface area contributed by atoms with Crippen LogP contribution in [0.25, 0.3) is 0 Å². The van der Waals surface area contributed by atoms with Crippen molar-refractivity contribution in [1.29, 1.82) is 0 Å². The molecule has 0 fully saturated rings. The van der Waals surface area contributed by atoms with Crippen molar-refractivity contribution in [2.75, 3.05) is 13.1 Å². The fraction of sp³-hybridized carbons (Fsp3) is 0.571. The summed E-state index contributed by atoms with van der Waals surface area (Å²) >= 11 is 0. The van der Waals surface area contributed by atoms with Crippen LogP contribution in [0.4, 0.5) is 4.79 Å². The average molecular weight is 326 g/mol. The second-order valence-corrected chi connectivity index (χ2v) is 5.85. The molecule has 0 radical (unpaired) electrons. The zero-order chi connectivity index (χ0) is 17.5. The first kappa shape index (κ1) is 18.5. The van der Waals surface area contributed by atoms with E-state index in [0.29, 0.717) is 0 Å². The maximum atomic E-state index is 12.1. The van der Waals surface area contributed by atoms with Gasteiger partial charge < -0.3 is 25.0 Å². The average Bonchev–Trinajstić information content (AvgIpc) is 2.92. The molecule has 9 nitrogen and oxygen atoms in total. The third kappa shape index (κ3) is 7.30. The Bertz CT molecular complexity index is 536. The van der Waals surface area contributed by atoms with Crippen molar-refractivity contribution in [3.63, 3.8) is 0 Å². The van der Waals surface area contributed by atoms with Gasteiger partial charge in [-0.3, -0.25) is 9.59 Å². The molecule has 3 N–H and O–H groups in total. The van der Waals surface area contributed by atoms with Gasteiger partial charge in [0.05, 0.1) is 6.33 Å². The van der Waals surface area contributed by atoms with Crippen molar-refractivity contribution >= 4 is 18.0 Å². The van der Waals surface area contributed by atoms with Crippen molar-refractivity contribution in [3.05, 3.63) is 18.7 Å². The maximum absolute atomic E-state index is 12.1. The summed E-state index contributed by atoms with van der Waals surface area (Å²) < 4.78 is 6.65. The first-order valence-corrected chi connectivity index (χ1v) is 7.13. The molecule has 9 heteroatoms. The molecule has 0 aliphatic carbocycles. The van der Waals surface area contributed by atoms with Gasteiger partial charge in [-0.05, 0) is 27.2 Å². The van der Waals surface area contributed by atoms with E-state index in [1.54, 1.807) is 31.5 Å². The Morgan fingerprint density at radius 1 is 1.30 bits per heavy atom. The van der Waals surface area contributed by atoms with E-state index in [4.69, 9.17) is 9.84 Å². The van der Waals surface area contributed by atoms with Gasteiger partial charge >= 0.3 is 12.1 Å². The minimum absolute atomic E-state index is 0.193. The van der Waals surface area contributed by atoms with E-state index in [1.165, 1.54) is 12.5 Å². The molecule has 0 aliphatic rings. The fourth-order valence-corrected chi connectivity index (χ4v) is 1.78. The van der Waals surface area contributed by atoms with Crippen LogP contribution in [0.1, 0.15) is 33.2 Å². The van der Waals surface area contributed by atoms with Gasteiger partial charge in [0.1, 0.15) is 18.2 Å². The largest absolute Gasteiger partial charge is 0.480 e. The molecule has 1 rings (SSSR count). The lowest BCUT2D eigenvalue weighted by Gasteiger charge is -2.21. The maximum Gasteiger partial charge on any atom is 0.407 e. The van der Waals surface area contributed by atoms with E-state index >= 15 is 0 Å². The molecule has 1 aromatic heterocycles. The number of carbonyl (C=O) groups is 3. The van der Waals surface area contributed by atoms with Crippen LogP contribution >= 0.6 is 0 Å². The number of aromatic nitrogens is 2. The lowest BCUT2D eigenvalue weighted by atomic mass is 10.2. The number of hydrogen-bond donors (Lipinski definition) is 3. The highest BCUT2D eigenvalue weighted by Gasteiger charge is 2.21. The van der Waals surface area contributed by atoms with Gasteiger partial charge in [0.15, 0.2) is 0 Å². The third-order valence-corrected chi connectivity index (χ3v) is 2.69. The van der Waals surface area contributed by atoms with Crippen LogP contribution in [-0.4, -0.2) is 51.3 Å². The number of aliphatic carboxylic acids is 1. The third-order valence-electron chi connectivity index (χ3n) is 2.69. The molecular weight excluding hydrogens is 304 g/mol. The van der Waals surface area contributed by atoms with Crippen LogP contribution in [0.5, 0.6) is 0 Å². The monoisotopic (exact) mass is 326 g/mol. The van der Waals surface area contributed by atoms with Crippen LogP contribution in [0.2, 0.25) is 0 Å². The highest BCUT2D eigenvalue weighted by atomic mass is 16.6. The second kappa shape index (κ2) is 8.16. The number of nitrogens with zero attached hydrogens (tertiary/aromatic N) is 2. The Hall–Kier alpha value is -2.58. The fourth-order valence-electron chi connectivity index (χ4n) is 1.78. The number of rotatable bonds is 7. The lowest BCUT2D eigenvalue weighted by Crippen LogP contribution is -2.38. The second-order valence-electron chi connectivity index (χ2n) is 5.85. The van der Waals surface area contributed by atoms with E-state index in [2.05, 4.69) is 15.6 Å². The molecular formula is C14H22N4O5. The SMILES string of the molecule is CC(C)(C)OC(=O)NCCC(C(=O)NCC(=O)O)n1ccnc1. The number of carboxylic acids is 1. The van der Waals surface area contributed by atoms with Crippen LogP contribution in [-0.2, 0) is 14.3 Å². The normalized spacial score (nSPS) is 12.3. The van der Waals surface area contributed by atoms with Gasteiger partial charge in [0.25, 0.3) is 0 Å². The topological polar surface area (TPSA) is 123 Å². The van der Waals surface area contributed by atoms with Crippen LogP contribution in [0.3, 0.4) is 0 Å². The number of amides is 2. The first-order valence-electron chi connectivity index (χ1n) is 7.13. The zero-order valence-electron chi connectivity index (χ0n) is 13.4. The van der Waals surface area contributed by atoms with Crippen molar-refractivity contribution in [1.82, 2.24) is 20.2 Å². The molecule has 0 aliphatic heterocycles. The quantitative estimate of drug-likeness (QED) is 0.672. The van der Waals surface area contributed by atoms with E-state index in [9.17, 15) is 14.4 Å². The molecule has 23 heavy (non-hydrogen) atoms. The Balaban J connectivity index is 2.56. The predicted molar refractivity (Wildman–Crippen MR) is 80.8 cm³/mol. The summed E-state index contributed by atoms with van der Waals surface area (Å²) in [6.45, 7) is 4.97. The molecule has 0 bridgehead atoms. The van der Waals surface area contributed by atoms with Crippen molar-refractivity contribution in [2.24, 2.45) is 0 Å². The highest BCUT2D eigenvalue weighted by Crippen LogP contribution is 2.11. The lowest BCUT2D eigenvalue weighted by molar-refractivity contribution is -0.138. The van der Waals surface area contributed by atoms with Gasteiger partial charge in [-0.25, -0.2) is 9.78 Å². The summed E-state index contributed by atoms with van der Waals surface area (Å²) in [7, 11) is 0. The van der Waals surface area contributed by atoms with Crippen molar-refractivity contribution < 1.29 is 24.2 Å². The van der Waals surface area contributed by atoms with Crippen molar-refractivity contribution in [3.8, 4) is 0 Å². The predicted octanol–water partition coefficient (Wildman–Crippen LogP) is 0.540. The molecule has 1 aromatic rings. The molecule has 1 unspecified atom stereocenters. The van der Waals surface area contributed by atoms with Crippen molar-refractivity contribution in [2.45, 2.75) is 38.8 Å². The standard InChI is InChI=1S/C14H22N4O5/c1-14(2,3)23-13(22)16-5-4-10(18-7-6-15-9-18)12(21)17-8-11(19)20/h6-7,9-10H,4-5,8H2,1-3H3,(H,16,22)(H,17,21)(H,19,20). The number of alkyl carbamates (subject to hydrolysis) is 1. The highest BCUT2D eigenvalue weighted by molar-refractivity contribution is 5.84. The number of carbonyl (C=O) groups excluding carboxylic acids is 2. The molecule has 0 aromatic carbocycles. The Morgan fingerprint density at radius 2 is 2.00 bits per heavy atom. The number of carboxylic acid groups (broad SMARTS) is 1. The summed E-state index contributed by atoms with van der Waals surface area (Å²) in [6, 6.07) is -0.674. The van der Waals surface area contributed by atoms with Gasteiger partial charge in [-0.1, -0.05) is 0 Å². The van der Waals surface area contributed by atoms with Crippen LogP contribution < -0.4 is 10.6 Å². The summed E-state index contributed by atoms with van der Waals surface area (Å²) in [5.74, 6) is -1.59. The molecule has 1 atom stereocenters. The zero-order valence-corrected chi connectivity index (χ0v) is 13.4. The van der Waals surface area contributed by atoms with Gasteiger partial charge in [-0.15, -0.1) is 0 Å². The summed E-state index contributed by atoms with van der Waals surface area (Å²) in [5, 5.41) is 13.5. The number of nitrogens with one attached hydrogen (secondary N) is 2. The first-order chi connectivity index (χ1) is 10.7. The van der Waals surface area contributed by atoms with Gasteiger partial charge in [0.2, 0.25) is 5.91 Å². The summed E-state index contributed by atoms with van der Waals surface area (Å²) in [4.78, 5) is 38.1. The molecule has 128 valence electrons. The molecule has 1 heterocycles. The number of imidazole rings is 1. The van der Waals surface area contributed by atoms with Gasteiger partial charge in [-0.2, -0.15) is 0 Å². The van der Waals surface area contributed by atoms with E-state index in [0.717, 1.165) is 0 Å². The minimum atomic E-state index is -1.13. The van der Waals surface area contributed by atoms with Crippen LogP contribution in [0, 0.1) is 0 Å². The Morgan fingerprint density at radius 3 is 2.52 bits per heavy atom. The minimum Gasteiger partial charge on any atom is -0.480 e. The van der Waals surface area contributed by atoms with E-state index < -0.39 is 36.2 Å².